The smallest absolute Gasteiger partial charge is 0.0702 e. The molecule has 0 aliphatic rings. The van der Waals surface area contributed by atoms with Crippen molar-refractivity contribution < 1.29 is 0 Å². The van der Waals surface area contributed by atoms with Gasteiger partial charge in [-0.25, -0.2) is 0 Å². The van der Waals surface area contributed by atoms with Gasteiger partial charge in [-0.05, 0) is 47.4 Å². The number of pyridine rings is 2. The summed E-state index contributed by atoms with van der Waals surface area (Å²) in [4.78, 5) is 12.8. The minimum atomic E-state index is 0.935. The molecule has 6 aromatic rings. The average molecular weight is 424 g/mol. The minimum absolute atomic E-state index is 0.935. The van der Waals surface area contributed by atoms with Gasteiger partial charge in [0.05, 0.1) is 11.4 Å². The van der Waals surface area contributed by atoms with Crippen molar-refractivity contribution in [1.29, 1.82) is 0 Å². The van der Waals surface area contributed by atoms with Crippen LogP contribution >= 0.6 is 0 Å². The third-order valence-electron chi connectivity index (χ3n) is 5.88. The zero-order chi connectivity index (χ0) is 22.0. The molecule has 1 N–H and O–H groups in total. The monoisotopic (exact) mass is 423 g/mol. The third kappa shape index (κ3) is 3.81. The van der Waals surface area contributed by atoms with Crippen LogP contribution in [-0.4, -0.2) is 15.0 Å². The number of nitrogens with one attached hydrogen (secondary N) is 1. The summed E-state index contributed by atoms with van der Waals surface area (Å²) < 4.78 is 0. The first-order chi connectivity index (χ1) is 16.3. The van der Waals surface area contributed by atoms with E-state index in [1.54, 1.807) is 0 Å². The summed E-state index contributed by atoms with van der Waals surface area (Å²) >= 11 is 0. The number of benzene rings is 3. The Balaban J connectivity index is 1.50. The van der Waals surface area contributed by atoms with Crippen molar-refractivity contribution in [3.63, 3.8) is 0 Å². The molecule has 0 amide bonds. The zero-order valence-corrected chi connectivity index (χ0v) is 17.9. The van der Waals surface area contributed by atoms with Crippen molar-refractivity contribution in [3.05, 3.63) is 131 Å². The lowest BCUT2D eigenvalue weighted by Crippen LogP contribution is -2.10. The lowest BCUT2D eigenvalue weighted by molar-refractivity contribution is 1.26. The Labute approximate surface area is 191 Å². The largest absolute Gasteiger partial charge is 0.354 e. The van der Waals surface area contributed by atoms with Gasteiger partial charge in [0.2, 0.25) is 0 Å². The van der Waals surface area contributed by atoms with Gasteiger partial charge in [-0.15, -0.1) is 0 Å². The van der Waals surface area contributed by atoms with E-state index in [0.717, 1.165) is 38.6 Å². The Kier molecular flexibility index (Phi) is 4.78. The normalized spacial score (nSPS) is 12.6. The Morgan fingerprint density at radius 2 is 1.36 bits per heavy atom. The molecule has 6 rings (SSSR count). The molecule has 0 bridgehead atoms. The van der Waals surface area contributed by atoms with Gasteiger partial charge in [-0.2, -0.15) is 0 Å². The van der Waals surface area contributed by atoms with E-state index in [4.69, 9.17) is 0 Å². The van der Waals surface area contributed by atoms with Crippen LogP contribution in [0.15, 0.2) is 109 Å². The van der Waals surface area contributed by atoms with Crippen molar-refractivity contribution >= 4 is 33.7 Å². The molecule has 0 fully saturated rings. The molecule has 0 unspecified atom stereocenters. The van der Waals surface area contributed by atoms with Crippen LogP contribution in [0.3, 0.4) is 0 Å². The molecule has 3 nitrogen and oxygen atoms in total. The van der Waals surface area contributed by atoms with Crippen LogP contribution in [0.1, 0.15) is 11.3 Å². The number of nitrogens with zero attached hydrogens (tertiary/aromatic N) is 2. The SMILES string of the molecule is C(/c1cccc(-c2ccccn2)c1)=c1/[nH]/c(=C\c2cc3ccccc3cn2)c2ccccc12. The van der Waals surface area contributed by atoms with Gasteiger partial charge >= 0.3 is 0 Å². The molecule has 33 heavy (non-hydrogen) atoms. The maximum absolute atomic E-state index is 4.65. The number of rotatable bonds is 3. The molecule has 0 radical (unpaired) electrons. The van der Waals surface area contributed by atoms with E-state index in [0.29, 0.717) is 0 Å². The summed E-state index contributed by atoms with van der Waals surface area (Å²) in [6, 6.07) is 33.3. The quantitative estimate of drug-likeness (QED) is 0.412. The first-order valence-corrected chi connectivity index (χ1v) is 11.0. The highest BCUT2D eigenvalue weighted by Crippen LogP contribution is 2.18. The predicted octanol–water partition coefficient (Wildman–Crippen LogP) is 5.44. The fourth-order valence-electron chi connectivity index (χ4n) is 4.28. The molecule has 0 spiro atoms. The maximum Gasteiger partial charge on any atom is 0.0702 e. The number of aromatic amines is 1. The summed E-state index contributed by atoms with van der Waals surface area (Å²) in [5.41, 5.74) is 4.14. The molecular weight excluding hydrogens is 402 g/mol. The number of aromatic nitrogens is 3. The lowest BCUT2D eigenvalue weighted by Gasteiger charge is -2.01. The fourth-order valence-corrected chi connectivity index (χ4v) is 4.28. The van der Waals surface area contributed by atoms with Gasteiger partial charge in [0.1, 0.15) is 0 Å². The van der Waals surface area contributed by atoms with E-state index in [-0.39, 0.29) is 0 Å². The summed E-state index contributed by atoms with van der Waals surface area (Å²) in [7, 11) is 0. The van der Waals surface area contributed by atoms with Crippen LogP contribution in [0.4, 0.5) is 0 Å². The molecular formula is C30H21N3. The van der Waals surface area contributed by atoms with E-state index >= 15 is 0 Å². The predicted molar refractivity (Wildman–Crippen MR) is 136 cm³/mol. The van der Waals surface area contributed by atoms with Crippen LogP contribution in [0, 0.1) is 0 Å². The van der Waals surface area contributed by atoms with Gasteiger partial charge < -0.3 is 4.98 Å². The lowest BCUT2D eigenvalue weighted by atomic mass is 10.1. The second-order valence-corrected chi connectivity index (χ2v) is 8.08. The average Bonchev–Trinajstić information content (AvgIpc) is 3.21. The summed E-state index contributed by atoms with van der Waals surface area (Å²) in [5, 5.41) is 6.84. The highest BCUT2D eigenvalue weighted by atomic mass is 14.7. The van der Waals surface area contributed by atoms with Gasteiger partial charge in [0.15, 0.2) is 0 Å². The maximum atomic E-state index is 4.65. The van der Waals surface area contributed by atoms with Gasteiger partial charge in [-0.1, -0.05) is 72.8 Å². The summed E-state index contributed by atoms with van der Waals surface area (Å²) in [5.74, 6) is 0. The molecule has 3 aromatic carbocycles. The minimum Gasteiger partial charge on any atom is -0.354 e. The topological polar surface area (TPSA) is 41.6 Å². The molecule has 156 valence electrons. The second-order valence-electron chi connectivity index (χ2n) is 8.08. The van der Waals surface area contributed by atoms with Gasteiger partial charge in [-0.3, -0.25) is 9.97 Å². The van der Waals surface area contributed by atoms with Crippen LogP contribution in [0.2, 0.25) is 0 Å². The standard InChI is InChI=1S/C30H21N3/c1-2-10-24-20-32-25(18-22(24)9-1)19-30-27-13-4-3-12-26(27)29(33-30)17-21-8-7-11-23(16-21)28-14-5-6-15-31-28/h1-20,33H/b29-17-,30-19-. The molecule has 0 aliphatic carbocycles. The molecule has 0 atom stereocenters. The highest BCUT2D eigenvalue weighted by molar-refractivity contribution is 5.87. The van der Waals surface area contributed by atoms with Crippen LogP contribution in [-0.2, 0) is 0 Å². The Bertz CT molecular complexity index is 1710. The second kappa shape index (κ2) is 8.21. The Morgan fingerprint density at radius 1 is 0.606 bits per heavy atom. The molecule has 3 heterocycles. The van der Waals surface area contributed by atoms with E-state index in [2.05, 4.69) is 99.9 Å². The van der Waals surface area contributed by atoms with Crippen molar-refractivity contribution in [2.75, 3.05) is 0 Å². The number of H-pyrrole nitrogens is 1. The molecule has 3 aromatic heterocycles. The van der Waals surface area contributed by atoms with Crippen molar-refractivity contribution in [3.8, 4) is 11.3 Å². The van der Waals surface area contributed by atoms with E-state index in [9.17, 15) is 0 Å². The van der Waals surface area contributed by atoms with E-state index < -0.39 is 0 Å². The highest BCUT2D eigenvalue weighted by Gasteiger charge is 2.03. The summed E-state index contributed by atoms with van der Waals surface area (Å²) in [6.45, 7) is 0. The fraction of sp³-hybridized carbons (Fsp3) is 0. The van der Waals surface area contributed by atoms with Crippen LogP contribution < -0.4 is 10.7 Å². The van der Waals surface area contributed by atoms with Crippen molar-refractivity contribution in [2.24, 2.45) is 0 Å². The molecule has 0 saturated heterocycles. The summed E-state index contributed by atoms with van der Waals surface area (Å²) in [6.07, 6.45) is 8.08. The Hall–Kier alpha value is -4.50. The number of hydrogen-bond donors (Lipinski definition) is 1. The first kappa shape index (κ1) is 19.2. The number of hydrogen-bond acceptors (Lipinski definition) is 2. The third-order valence-corrected chi connectivity index (χ3v) is 5.88. The van der Waals surface area contributed by atoms with Crippen molar-refractivity contribution in [2.45, 2.75) is 0 Å². The first-order valence-electron chi connectivity index (χ1n) is 11.0. The van der Waals surface area contributed by atoms with Crippen LogP contribution in [0.25, 0.3) is 45.0 Å². The Morgan fingerprint density at radius 3 is 2.18 bits per heavy atom. The zero-order valence-electron chi connectivity index (χ0n) is 17.9. The molecule has 3 heteroatoms. The van der Waals surface area contributed by atoms with Crippen molar-refractivity contribution in [1.82, 2.24) is 15.0 Å². The molecule has 0 aliphatic heterocycles. The van der Waals surface area contributed by atoms with E-state index in [1.807, 2.05) is 36.7 Å². The van der Waals surface area contributed by atoms with Gasteiger partial charge in [0.25, 0.3) is 0 Å². The number of fused-ring (bicyclic) bond motifs is 2. The van der Waals surface area contributed by atoms with E-state index in [1.165, 1.54) is 16.2 Å². The van der Waals surface area contributed by atoms with Crippen LogP contribution in [0.5, 0.6) is 0 Å². The van der Waals surface area contributed by atoms with Gasteiger partial charge in [0, 0.05) is 44.8 Å². The molecule has 0 saturated carbocycles.